The van der Waals surface area contributed by atoms with E-state index in [1.165, 1.54) is 66.4 Å². The van der Waals surface area contributed by atoms with E-state index in [9.17, 15) is 0 Å². The predicted molar refractivity (Wildman–Crippen MR) is 212 cm³/mol. The zero-order valence-electron chi connectivity index (χ0n) is 28.6. The molecule has 0 saturated carbocycles. The van der Waals surface area contributed by atoms with Crippen LogP contribution in [-0.2, 0) is 5.41 Å². The largest absolute Gasteiger partial charge is 0.310 e. The van der Waals surface area contributed by atoms with Crippen LogP contribution in [0.2, 0.25) is 0 Å². The number of aryl methyl sites for hydroxylation is 1. The second kappa shape index (κ2) is 12.2. The second-order valence-electron chi connectivity index (χ2n) is 13.7. The van der Waals surface area contributed by atoms with E-state index in [-0.39, 0.29) is 0 Å². The first-order valence-corrected chi connectivity index (χ1v) is 17.7. The molecule has 1 atom stereocenters. The van der Waals surface area contributed by atoms with Gasteiger partial charge in [0, 0.05) is 17.1 Å². The Labute approximate surface area is 295 Å². The molecule has 0 aliphatic heterocycles. The molecule has 0 N–H and O–H groups in total. The van der Waals surface area contributed by atoms with Gasteiger partial charge in [-0.15, -0.1) is 0 Å². The lowest BCUT2D eigenvalue weighted by Crippen LogP contribution is -2.32. The number of para-hydroxylation sites is 1. The van der Waals surface area contributed by atoms with Gasteiger partial charge in [-0.05, 0) is 136 Å². The van der Waals surface area contributed by atoms with E-state index in [0.29, 0.717) is 0 Å². The zero-order chi connectivity index (χ0) is 33.7. The van der Waals surface area contributed by atoms with Crippen LogP contribution in [0, 0.1) is 6.92 Å². The maximum absolute atomic E-state index is 2.50. The van der Waals surface area contributed by atoms with Crippen LogP contribution in [0.3, 0.4) is 0 Å². The van der Waals surface area contributed by atoms with E-state index in [1.807, 2.05) is 0 Å². The molecule has 7 aromatic carbocycles. The molecule has 0 fully saturated rings. The van der Waals surface area contributed by atoms with Crippen LogP contribution in [0.5, 0.6) is 0 Å². The van der Waals surface area contributed by atoms with Crippen LogP contribution >= 0.6 is 0 Å². The maximum Gasteiger partial charge on any atom is 0.0682 e. The number of nitrogens with zero attached hydrogens (tertiary/aromatic N) is 1. The molecule has 50 heavy (non-hydrogen) atoms. The number of benzene rings is 7. The standard InChI is InChI=1S/C49H39N/c1-34-15-9-13-23-45(34)49(46-24-14-10-16-35(46)2)47-32-39-20-12-11-19-38(39)31-44(47)43-30-29-42(33-48(43)49)50(40-21-7-4-8-22-40)41-27-25-37(26-28-41)36-17-5-3-6-18-36/h3-13,15-23,25-33H,14,24H2,1-2H3. The Balaban J connectivity index is 1.33. The molecule has 1 unspecified atom stereocenters. The summed E-state index contributed by atoms with van der Waals surface area (Å²) in [4.78, 5) is 2.42. The van der Waals surface area contributed by atoms with Gasteiger partial charge in [-0.2, -0.15) is 0 Å². The molecule has 9 rings (SSSR count). The molecule has 0 aromatic heterocycles. The van der Waals surface area contributed by atoms with Crippen LogP contribution in [0.4, 0.5) is 17.1 Å². The molecular formula is C49H39N. The van der Waals surface area contributed by atoms with E-state index in [1.54, 1.807) is 0 Å². The molecule has 2 aliphatic carbocycles. The summed E-state index contributed by atoms with van der Waals surface area (Å²) in [5, 5.41) is 2.56. The third-order valence-corrected chi connectivity index (χ3v) is 10.9. The Hall–Kier alpha value is -5.92. The van der Waals surface area contributed by atoms with Gasteiger partial charge in [0.1, 0.15) is 0 Å². The van der Waals surface area contributed by atoms with Gasteiger partial charge in [0.25, 0.3) is 0 Å². The van der Waals surface area contributed by atoms with Gasteiger partial charge < -0.3 is 4.90 Å². The molecule has 0 saturated heterocycles. The van der Waals surface area contributed by atoms with Crippen LogP contribution in [0.15, 0.2) is 187 Å². The van der Waals surface area contributed by atoms with Gasteiger partial charge in [-0.25, -0.2) is 0 Å². The van der Waals surface area contributed by atoms with Crippen molar-refractivity contribution < 1.29 is 0 Å². The minimum absolute atomic E-state index is 0.426. The molecule has 0 heterocycles. The molecule has 2 aliphatic rings. The predicted octanol–water partition coefficient (Wildman–Crippen LogP) is 13.3. The Kier molecular flexibility index (Phi) is 7.36. The highest BCUT2D eigenvalue weighted by Crippen LogP contribution is 2.60. The first kappa shape index (κ1) is 30.2. The van der Waals surface area contributed by atoms with E-state index in [0.717, 1.165) is 29.9 Å². The third-order valence-electron chi connectivity index (χ3n) is 10.9. The van der Waals surface area contributed by atoms with E-state index in [2.05, 4.69) is 195 Å². The fourth-order valence-corrected chi connectivity index (χ4v) is 8.63. The Morgan fingerprint density at radius 3 is 1.82 bits per heavy atom. The van der Waals surface area contributed by atoms with Gasteiger partial charge in [0.2, 0.25) is 0 Å². The SMILES string of the molecule is CC1=C(C2(c3ccccc3C)c3cc(N(c4ccccc4)c4ccc(-c5ccccc5)cc4)ccc3-c3cc4ccccc4cc32)CCC=C1. The van der Waals surface area contributed by atoms with Crippen molar-refractivity contribution >= 4 is 27.8 Å². The first-order valence-electron chi connectivity index (χ1n) is 17.7. The molecule has 0 bridgehead atoms. The summed E-state index contributed by atoms with van der Waals surface area (Å²) in [6, 6.07) is 60.5. The van der Waals surface area contributed by atoms with E-state index >= 15 is 0 Å². The molecule has 240 valence electrons. The molecule has 0 radical (unpaired) electrons. The number of allylic oxidation sites excluding steroid dienone is 4. The topological polar surface area (TPSA) is 3.24 Å². The number of hydrogen-bond acceptors (Lipinski definition) is 1. The summed E-state index contributed by atoms with van der Waals surface area (Å²) in [6.07, 6.45) is 6.76. The van der Waals surface area contributed by atoms with E-state index in [4.69, 9.17) is 0 Å². The van der Waals surface area contributed by atoms with Crippen molar-refractivity contribution in [2.45, 2.75) is 32.1 Å². The number of hydrogen-bond donors (Lipinski definition) is 0. The van der Waals surface area contributed by atoms with Crippen molar-refractivity contribution in [1.82, 2.24) is 0 Å². The molecule has 0 amide bonds. The lowest BCUT2D eigenvalue weighted by atomic mass is 9.63. The summed E-state index contributed by atoms with van der Waals surface area (Å²) < 4.78 is 0. The highest BCUT2D eigenvalue weighted by atomic mass is 15.1. The summed E-state index contributed by atoms with van der Waals surface area (Å²) in [7, 11) is 0. The fourth-order valence-electron chi connectivity index (χ4n) is 8.63. The van der Waals surface area contributed by atoms with Gasteiger partial charge in [-0.1, -0.05) is 133 Å². The average molecular weight is 642 g/mol. The summed E-state index contributed by atoms with van der Waals surface area (Å²) >= 11 is 0. The van der Waals surface area contributed by atoms with Crippen LogP contribution < -0.4 is 4.90 Å². The second-order valence-corrected chi connectivity index (χ2v) is 13.7. The van der Waals surface area contributed by atoms with Crippen LogP contribution in [-0.4, -0.2) is 0 Å². The Morgan fingerprint density at radius 2 is 1.08 bits per heavy atom. The van der Waals surface area contributed by atoms with Crippen molar-refractivity contribution in [1.29, 1.82) is 0 Å². The minimum atomic E-state index is -0.426. The number of fused-ring (bicyclic) bond motifs is 4. The van der Waals surface area contributed by atoms with Crippen molar-refractivity contribution in [3.63, 3.8) is 0 Å². The lowest BCUT2D eigenvalue weighted by molar-refractivity contribution is 0.679. The van der Waals surface area contributed by atoms with Crippen molar-refractivity contribution in [3.05, 3.63) is 209 Å². The minimum Gasteiger partial charge on any atom is -0.310 e. The molecular weight excluding hydrogens is 603 g/mol. The average Bonchev–Trinajstić information content (AvgIpc) is 3.44. The van der Waals surface area contributed by atoms with Crippen LogP contribution in [0.25, 0.3) is 33.0 Å². The maximum atomic E-state index is 2.50. The summed E-state index contributed by atoms with van der Waals surface area (Å²) in [6.45, 7) is 4.61. The molecule has 1 heteroatoms. The third kappa shape index (κ3) is 4.76. The van der Waals surface area contributed by atoms with Gasteiger partial charge in [-0.3, -0.25) is 0 Å². The normalized spacial score (nSPS) is 16.4. The van der Waals surface area contributed by atoms with Gasteiger partial charge in [0.15, 0.2) is 0 Å². The number of rotatable bonds is 6. The van der Waals surface area contributed by atoms with Gasteiger partial charge >= 0.3 is 0 Å². The lowest BCUT2D eigenvalue weighted by Gasteiger charge is -2.39. The Morgan fingerprint density at radius 1 is 0.480 bits per heavy atom. The smallest absolute Gasteiger partial charge is 0.0682 e. The first-order chi connectivity index (χ1) is 24.6. The number of anilines is 3. The summed E-state index contributed by atoms with van der Waals surface area (Å²) in [5.41, 5.74) is 16.4. The highest BCUT2D eigenvalue weighted by molar-refractivity contribution is 5.97. The Bertz CT molecular complexity index is 2430. The fraction of sp³-hybridized carbons (Fsp3) is 0.102. The molecule has 0 spiro atoms. The van der Waals surface area contributed by atoms with Crippen LogP contribution in [0.1, 0.15) is 42.0 Å². The quantitative estimate of drug-likeness (QED) is 0.175. The van der Waals surface area contributed by atoms with Crippen molar-refractivity contribution in [2.75, 3.05) is 4.90 Å². The van der Waals surface area contributed by atoms with E-state index < -0.39 is 5.41 Å². The monoisotopic (exact) mass is 641 g/mol. The zero-order valence-corrected chi connectivity index (χ0v) is 28.6. The molecule has 7 aromatic rings. The van der Waals surface area contributed by atoms with Crippen molar-refractivity contribution in [2.24, 2.45) is 0 Å². The van der Waals surface area contributed by atoms with Gasteiger partial charge in [0.05, 0.1) is 5.41 Å². The summed E-state index contributed by atoms with van der Waals surface area (Å²) in [5.74, 6) is 0. The molecule has 1 nitrogen and oxygen atoms in total. The highest BCUT2D eigenvalue weighted by Gasteiger charge is 2.49. The van der Waals surface area contributed by atoms with Crippen molar-refractivity contribution in [3.8, 4) is 22.3 Å².